The van der Waals surface area contributed by atoms with Crippen LogP contribution in [0, 0.1) is 0 Å². The average Bonchev–Trinajstić information content (AvgIpc) is 3.97. The van der Waals surface area contributed by atoms with Gasteiger partial charge in [-0.05, 0) is 79.8 Å². The molecular weight excluding hydrogens is 773 g/mol. The standard InChI is InChI=1S/C57H34N4S/c1-2-15-35(16-3-1)55-58-56(37-30-32-47-46-23-10-13-28-52(46)62-53(47)34-37)60-57(59-55)54-38(24-14-27-51(54)61-49-25-11-8-21-44(49)45-22-9-12-26-50(45)61)36-29-31-43-41-19-5-4-17-39(41)40-18-6-7-20-42(40)48(43)33-36/h1-34H/i8D,9D,11D,12D,21D,22D,25D,26D. The number of para-hydroxylation sites is 2. The molecular formula is C57H34N4S. The summed E-state index contributed by atoms with van der Waals surface area (Å²) < 4.78 is 76.4. The van der Waals surface area contributed by atoms with E-state index >= 15 is 0 Å². The van der Waals surface area contributed by atoms with Crippen LogP contribution >= 0.6 is 11.3 Å². The number of nitrogens with zero attached hydrogens (tertiary/aromatic N) is 4. The second-order valence-electron chi connectivity index (χ2n) is 15.3. The average molecular weight is 815 g/mol. The van der Waals surface area contributed by atoms with E-state index in [1.54, 1.807) is 22.0 Å². The summed E-state index contributed by atoms with van der Waals surface area (Å²) >= 11 is 1.69. The van der Waals surface area contributed by atoms with Gasteiger partial charge >= 0.3 is 0 Å². The molecule has 3 heterocycles. The molecule has 0 aliphatic rings. The molecule has 0 aliphatic heterocycles. The van der Waals surface area contributed by atoms with Crippen molar-refractivity contribution in [3.63, 3.8) is 0 Å². The summed E-state index contributed by atoms with van der Waals surface area (Å²) in [5.74, 6) is 1.02. The van der Waals surface area contributed by atoms with Crippen molar-refractivity contribution in [2.45, 2.75) is 0 Å². The minimum absolute atomic E-state index is 0.00449. The van der Waals surface area contributed by atoms with Gasteiger partial charge in [-0.3, -0.25) is 0 Å². The van der Waals surface area contributed by atoms with Crippen molar-refractivity contribution in [1.82, 2.24) is 19.5 Å². The number of rotatable bonds is 5. The molecule has 3 aromatic heterocycles. The summed E-state index contributed by atoms with van der Waals surface area (Å²) in [5.41, 5.74) is 3.74. The minimum Gasteiger partial charge on any atom is -0.308 e. The normalized spacial score (nSPS) is 13.7. The van der Waals surface area contributed by atoms with Gasteiger partial charge in [-0.1, -0.05) is 170 Å². The first kappa shape index (κ1) is 27.7. The van der Waals surface area contributed by atoms with Crippen molar-refractivity contribution in [3.8, 4) is 51.0 Å². The van der Waals surface area contributed by atoms with Crippen LogP contribution in [0.3, 0.4) is 0 Å². The number of benzene rings is 10. The van der Waals surface area contributed by atoms with E-state index in [2.05, 4.69) is 72.8 Å². The van der Waals surface area contributed by atoms with Gasteiger partial charge in [0.2, 0.25) is 0 Å². The summed E-state index contributed by atoms with van der Waals surface area (Å²) in [6.45, 7) is 0. The van der Waals surface area contributed by atoms with Crippen molar-refractivity contribution < 1.29 is 11.0 Å². The predicted molar refractivity (Wildman–Crippen MR) is 261 cm³/mol. The zero-order valence-corrected chi connectivity index (χ0v) is 33.5. The van der Waals surface area contributed by atoms with Crippen LogP contribution in [0.1, 0.15) is 11.0 Å². The van der Waals surface area contributed by atoms with Crippen LogP contribution in [-0.2, 0) is 0 Å². The maximum atomic E-state index is 9.45. The third-order valence-corrected chi connectivity index (χ3v) is 13.0. The molecule has 0 amide bonds. The quantitative estimate of drug-likeness (QED) is 0.163. The molecule has 0 saturated heterocycles. The van der Waals surface area contributed by atoms with Gasteiger partial charge in [0.05, 0.1) is 33.3 Å². The van der Waals surface area contributed by atoms with Crippen molar-refractivity contribution in [3.05, 3.63) is 206 Å². The highest BCUT2D eigenvalue weighted by Gasteiger charge is 2.23. The van der Waals surface area contributed by atoms with Gasteiger partial charge in [-0.15, -0.1) is 11.3 Å². The summed E-state index contributed by atoms with van der Waals surface area (Å²) in [5, 5.41) is 8.73. The highest BCUT2D eigenvalue weighted by Crippen LogP contribution is 2.44. The van der Waals surface area contributed by atoms with E-state index in [1.807, 2.05) is 78.9 Å². The van der Waals surface area contributed by atoms with E-state index in [1.165, 1.54) is 0 Å². The Morgan fingerprint density at radius 2 is 0.903 bits per heavy atom. The summed E-state index contributed by atoms with van der Waals surface area (Å²) in [6.07, 6.45) is 0. The molecule has 5 heteroatoms. The second-order valence-corrected chi connectivity index (χ2v) is 16.4. The maximum absolute atomic E-state index is 9.45. The Morgan fingerprint density at radius 1 is 0.371 bits per heavy atom. The Kier molecular flexibility index (Phi) is 6.16. The van der Waals surface area contributed by atoms with Crippen LogP contribution in [0.25, 0.3) is 125 Å². The first-order chi connectivity index (χ1) is 34.1. The Morgan fingerprint density at radius 3 is 1.61 bits per heavy atom. The van der Waals surface area contributed by atoms with E-state index < -0.39 is 48.3 Å². The number of hydrogen-bond acceptors (Lipinski definition) is 4. The summed E-state index contributed by atoms with van der Waals surface area (Å²) in [6, 6.07) is 49.1. The Labute approximate surface area is 371 Å². The van der Waals surface area contributed by atoms with Crippen LogP contribution in [0.4, 0.5) is 0 Å². The van der Waals surface area contributed by atoms with Gasteiger partial charge in [0.15, 0.2) is 17.5 Å². The molecule has 0 spiro atoms. The Bertz CT molecular complexity index is 4300. The van der Waals surface area contributed by atoms with Crippen LogP contribution in [0.15, 0.2) is 206 Å². The number of thiophene rings is 1. The van der Waals surface area contributed by atoms with Gasteiger partial charge in [-0.25, -0.2) is 15.0 Å². The van der Waals surface area contributed by atoms with Crippen LogP contribution in [-0.4, -0.2) is 19.5 Å². The van der Waals surface area contributed by atoms with Gasteiger partial charge < -0.3 is 4.57 Å². The fraction of sp³-hybridized carbons (Fsp3) is 0. The summed E-state index contributed by atoms with van der Waals surface area (Å²) in [4.78, 5) is 15.7. The molecule has 0 saturated carbocycles. The zero-order valence-electron chi connectivity index (χ0n) is 40.7. The number of fused-ring (bicyclic) bond motifs is 12. The largest absolute Gasteiger partial charge is 0.308 e. The lowest BCUT2D eigenvalue weighted by atomic mass is 9.90. The predicted octanol–water partition coefficient (Wildman–Crippen LogP) is 15.5. The van der Waals surface area contributed by atoms with E-state index in [-0.39, 0.29) is 27.6 Å². The van der Waals surface area contributed by atoms with E-state index in [4.69, 9.17) is 20.4 Å². The van der Waals surface area contributed by atoms with E-state index in [0.29, 0.717) is 28.5 Å². The van der Waals surface area contributed by atoms with Crippen molar-refractivity contribution in [1.29, 1.82) is 0 Å². The van der Waals surface area contributed by atoms with Crippen LogP contribution in [0.2, 0.25) is 0 Å². The molecule has 62 heavy (non-hydrogen) atoms. The monoisotopic (exact) mass is 814 g/mol. The van der Waals surface area contributed by atoms with Gasteiger partial charge in [0, 0.05) is 42.1 Å². The molecule has 0 radical (unpaired) electrons. The first-order valence-electron chi connectivity index (χ1n) is 24.3. The molecule has 13 rings (SSSR count). The third kappa shape index (κ3) is 5.35. The lowest BCUT2D eigenvalue weighted by Gasteiger charge is -2.19. The minimum atomic E-state index is -0.515. The molecule has 288 valence electrons. The Hall–Kier alpha value is -7.99. The topological polar surface area (TPSA) is 43.6 Å². The molecule has 0 aliphatic carbocycles. The van der Waals surface area contributed by atoms with Crippen molar-refractivity contribution in [2.75, 3.05) is 0 Å². The van der Waals surface area contributed by atoms with Crippen molar-refractivity contribution in [2.24, 2.45) is 0 Å². The molecule has 0 fully saturated rings. The maximum Gasteiger partial charge on any atom is 0.166 e. The third-order valence-electron chi connectivity index (χ3n) is 11.9. The SMILES string of the molecule is [2H]c1c([2H])c([2H])c2c(c1[2H])c1c([2H])c([2H])c([2H])c([2H])c1n2-c1cccc(-c2ccc3c4ccccc4c4ccccc4c3c2)c1-c1nc(-c2ccccc2)nc(-c2ccc3c(c2)sc2ccccc23)n1. The lowest BCUT2D eigenvalue weighted by Crippen LogP contribution is -2.05. The van der Waals surface area contributed by atoms with Crippen LogP contribution < -0.4 is 0 Å². The van der Waals surface area contributed by atoms with Crippen LogP contribution in [0.5, 0.6) is 0 Å². The molecule has 0 unspecified atom stereocenters. The van der Waals surface area contributed by atoms with E-state index in [9.17, 15) is 5.48 Å². The van der Waals surface area contributed by atoms with Crippen molar-refractivity contribution >= 4 is 85.6 Å². The fourth-order valence-electron chi connectivity index (χ4n) is 9.14. The smallest absolute Gasteiger partial charge is 0.166 e. The second kappa shape index (κ2) is 13.8. The highest BCUT2D eigenvalue weighted by atomic mass is 32.1. The molecule has 0 N–H and O–H groups in total. The molecule has 4 nitrogen and oxygen atoms in total. The fourth-order valence-corrected chi connectivity index (χ4v) is 10.3. The van der Waals surface area contributed by atoms with Gasteiger partial charge in [0.1, 0.15) is 0 Å². The number of aromatic nitrogens is 4. The highest BCUT2D eigenvalue weighted by molar-refractivity contribution is 7.25. The van der Waals surface area contributed by atoms with Gasteiger partial charge in [0.25, 0.3) is 0 Å². The molecule has 13 aromatic rings. The molecule has 10 aromatic carbocycles. The lowest BCUT2D eigenvalue weighted by molar-refractivity contribution is 1.07. The first-order valence-corrected chi connectivity index (χ1v) is 21.1. The van der Waals surface area contributed by atoms with E-state index in [0.717, 1.165) is 69.2 Å². The molecule has 0 atom stereocenters. The number of hydrogen-bond donors (Lipinski definition) is 0. The molecule has 0 bridgehead atoms. The zero-order chi connectivity index (χ0) is 47.7. The summed E-state index contributed by atoms with van der Waals surface area (Å²) in [7, 11) is 0. The van der Waals surface area contributed by atoms with Gasteiger partial charge in [-0.2, -0.15) is 0 Å². The Balaban J connectivity index is 1.19.